The van der Waals surface area contributed by atoms with Crippen molar-refractivity contribution in [1.82, 2.24) is 5.32 Å². The Bertz CT molecular complexity index is 608. The highest BCUT2D eigenvalue weighted by atomic mass is 16.7. The van der Waals surface area contributed by atoms with Gasteiger partial charge in [-0.3, -0.25) is 4.79 Å². The Kier molecular flexibility index (Phi) is 6.15. The van der Waals surface area contributed by atoms with Crippen molar-refractivity contribution in [3.8, 4) is 5.75 Å². The van der Waals surface area contributed by atoms with Gasteiger partial charge in [-0.1, -0.05) is 0 Å². The van der Waals surface area contributed by atoms with Crippen molar-refractivity contribution in [2.75, 3.05) is 19.4 Å². The number of nitrogens with two attached hydrogens (primary N) is 1. The summed E-state index contributed by atoms with van der Waals surface area (Å²) in [4.78, 5) is 22.4. The number of ether oxygens (including phenoxy) is 3. The number of rotatable bonds is 4. The first-order valence-electron chi connectivity index (χ1n) is 7.41. The summed E-state index contributed by atoms with van der Waals surface area (Å²) >= 11 is 0. The molecule has 0 aliphatic carbocycles. The van der Waals surface area contributed by atoms with Gasteiger partial charge in [0.15, 0.2) is 0 Å². The number of amides is 1. The van der Waals surface area contributed by atoms with E-state index < -0.39 is 42.6 Å². The Hall–Kier alpha value is -2.40. The number of hydrogen-bond donors (Lipinski definition) is 5. The van der Waals surface area contributed by atoms with E-state index in [1.807, 2.05) is 0 Å². The molecule has 6 N–H and O–H groups in total. The molecule has 0 aromatic heterocycles. The minimum Gasteiger partial charge on any atom is -0.462 e. The minimum atomic E-state index is -1.58. The van der Waals surface area contributed by atoms with Crippen LogP contribution in [0.15, 0.2) is 24.3 Å². The van der Waals surface area contributed by atoms with Crippen LogP contribution in [0.2, 0.25) is 0 Å². The van der Waals surface area contributed by atoms with E-state index in [0.717, 1.165) is 7.11 Å². The van der Waals surface area contributed by atoms with E-state index in [2.05, 4.69) is 10.1 Å². The third kappa shape index (κ3) is 4.57. The summed E-state index contributed by atoms with van der Waals surface area (Å²) in [6.45, 7) is -0.305. The summed E-state index contributed by atoms with van der Waals surface area (Å²) in [6, 6.07) is 6.22. The van der Waals surface area contributed by atoms with Crippen molar-refractivity contribution in [1.29, 1.82) is 0 Å². The van der Waals surface area contributed by atoms with Crippen LogP contribution < -0.4 is 15.8 Å². The van der Waals surface area contributed by atoms with Crippen LogP contribution in [0.3, 0.4) is 0 Å². The van der Waals surface area contributed by atoms with Crippen molar-refractivity contribution in [2.45, 2.75) is 30.7 Å². The van der Waals surface area contributed by atoms with Crippen LogP contribution in [0.1, 0.15) is 0 Å². The van der Waals surface area contributed by atoms with E-state index in [4.69, 9.17) is 15.2 Å². The van der Waals surface area contributed by atoms with Gasteiger partial charge in [-0.2, -0.15) is 0 Å². The fourth-order valence-electron chi connectivity index (χ4n) is 2.22. The van der Waals surface area contributed by atoms with Gasteiger partial charge in [-0.05, 0) is 24.3 Å². The van der Waals surface area contributed by atoms with Crippen LogP contribution in [0, 0.1) is 0 Å². The maximum atomic E-state index is 11.4. The van der Waals surface area contributed by atoms with Crippen LogP contribution in [0.25, 0.3) is 0 Å². The molecule has 0 unspecified atom stereocenters. The van der Waals surface area contributed by atoms with E-state index in [-0.39, 0.29) is 6.54 Å². The predicted molar refractivity (Wildman–Crippen MR) is 83.2 cm³/mol. The molecule has 0 radical (unpaired) electrons. The van der Waals surface area contributed by atoms with Gasteiger partial charge in [0.05, 0.1) is 7.11 Å². The molecule has 138 valence electrons. The first-order chi connectivity index (χ1) is 11.8. The van der Waals surface area contributed by atoms with Crippen molar-refractivity contribution in [3.63, 3.8) is 0 Å². The zero-order valence-corrected chi connectivity index (χ0v) is 13.4. The fraction of sp³-hybridized carbons (Fsp3) is 0.467. The largest absolute Gasteiger partial charge is 0.462 e. The number of aliphatic hydroxyl groups is 3. The summed E-state index contributed by atoms with van der Waals surface area (Å²) < 4.78 is 15.1. The molecule has 1 aromatic rings. The molecule has 2 rings (SSSR count). The SMILES string of the molecule is COC(=O)C(=O)NC[C@H]1O[C@H](Oc2ccc(N)cc2)[C@@H](O)[C@@H](O)[C@@H]1O. The first kappa shape index (κ1) is 18.9. The van der Waals surface area contributed by atoms with Crippen molar-refractivity contribution < 1.29 is 39.1 Å². The summed E-state index contributed by atoms with van der Waals surface area (Å²) in [5.41, 5.74) is 6.08. The van der Waals surface area contributed by atoms with Crippen LogP contribution in [0.4, 0.5) is 5.69 Å². The van der Waals surface area contributed by atoms with Gasteiger partial charge in [-0.25, -0.2) is 4.79 Å². The molecule has 1 aliphatic heterocycles. The Morgan fingerprint density at radius 2 is 1.80 bits per heavy atom. The van der Waals surface area contributed by atoms with Gasteiger partial charge in [-0.15, -0.1) is 0 Å². The topological polar surface area (TPSA) is 161 Å². The van der Waals surface area contributed by atoms with Crippen molar-refractivity contribution >= 4 is 17.6 Å². The quantitative estimate of drug-likeness (QED) is 0.228. The van der Waals surface area contributed by atoms with Gasteiger partial charge in [0.25, 0.3) is 0 Å². The summed E-state index contributed by atoms with van der Waals surface area (Å²) in [6.07, 6.45) is -7.03. The molecule has 25 heavy (non-hydrogen) atoms. The highest BCUT2D eigenvalue weighted by molar-refractivity contribution is 6.32. The van der Waals surface area contributed by atoms with Crippen molar-refractivity contribution in [2.24, 2.45) is 0 Å². The molecule has 1 heterocycles. The molecule has 0 bridgehead atoms. The number of benzene rings is 1. The summed E-state index contributed by atoms with van der Waals surface area (Å²) in [7, 11) is 1.05. The maximum absolute atomic E-state index is 11.4. The summed E-state index contributed by atoms with van der Waals surface area (Å²) in [5.74, 6) is -1.82. The van der Waals surface area contributed by atoms with E-state index in [9.17, 15) is 24.9 Å². The van der Waals surface area contributed by atoms with Gasteiger partial charge < -0.3 is 40.6 Å². The third-order valence-electron chi connectivity index (χ3n) is 3.64. The van der Waals surface area contributed by atoms with E-state index in [1.165, 1.54) is 12.1 Å². The molecule has 5 atom stereocenters. The number of carbonyl (C=O) groups is 2. The zero-order chi connectivity index (χ0) is 18.6. The van der Waals surface area contributed by atoms with Crippen LogP contribution in [-0.4, -0.2) is 71.6 Å². The lowest BCUT2D eigenvalue weighted by Crippen LogP contribution is -2.61. The Balaban J connectivity index is 2.02. The second-order valence-corrected chi connectivity index (χ2v) is 5.40. The number of aliphatic hydroxyl groups excluding tert-OH is 3. The second kappa shape index (κ2) is 8.12. The Morgan fingerprint density at radius 3 is 2.40 bits per heavy atom. The molecule has 1 amide bonds. The molecule has 0 saturated carbocycles. The average molecular weight is 356 g/mol. The Labute approximate surface area is 143 Å². The van der Waals surface area contributed by atoms with Crippen LogP contribution >= 0.6 is 0 Å². The highest BCUT2D eigenvalue weighted by Crippen LogP contribution is 2.24. The van der Waals surface area contributed by atoms with Gasteiger partial charge in [0.1, 0.15) is 30.2 Å². The predicted octanol–water partition coefficient (Wildman–Crippen LogP) is -2.26. The zero-order valence-electron chi connectivity index (χ0n) is 13.4. The standard InChI is InChI=1S/C15H20N2O8/c1-23-14(22)13(21)17-6-9-10(18)11(19)12(20)15(25-9)24-8-4-2-7(16)3-5-8/h2-5,9-12,15,18-20H,6,16H2,1H3,(H,17,21)/t9-,10-,11+,12+,15+/m1/s1. The van der Waals surface area contributed by atoms with Crippen LogP contribution in [0.5, 0.6) is 5.75 Å². The van der Waals surface area contributed by atoms with Gasteiger partial charge >= 0.3 is 11.9 Å². The normalized spacial score (nSPS) is 28.9. The number of nitrogens with one attached hydrogen (secondary N) is 1. The smallest absolute Gasteiger partial charge is 0.396 e. The van der Waals surface area contributed by atoms with E-state index >= 15 is 0 Å². The Morgan fingerprint density at radius 1 is 1.16 bits per heavy atom. The van der Waals surface area contributed by atoms with E-state index in [1.54, 1.807) is 12.1 Å². The maximum Gasteiger partial charge on any atom is 0.396 e. The van der Waals surface area contributed by atoms with Crippen molar-refractivity contribution in [3.05, 3.63) is 24.3 Å². The molecule has 1 saturated heterocycles. The summed E-state index contributed by atoms with van der Waals surface area (Å²) in [5, 5.41) is 32.1. The molecule has 1 fully saturated rings. The number of hydrogen-bond acceptors (Lipinski definition) is 9. The molecule has 10 nitrogen and oxygen atoms in total. The third-order valence-corrected chi connectivity index (χ3v) is 3.64. The lowest BCUT2D eigenvalue weighted by atomic mass is 9.99. The fourth-order valence-corrected chi connectivity index (χ4v) is 2.22. The molecular weight excluding hydrogens is 336 g/mol. The molecule has 1 aliphatic rings. The average Bonchev–Trinajstić information content (AvgIpc) is 2.61. The number of esters is 1. The molecule has 0 spiro atoms. The minimum absolute atomic E-state index is 0.305. The first-order valence-corrected chi connectivity index (χ1v) is 7.41. The van der Waals surface area contributed by atoms with Gasteiger partial charge in [0.2, 0.25) is 6.29 Å². The number of methoxy groups -OCH3 is 1. The molecule has 1 aromatic carbocycles. The second-order valence-electron chi connectivity index (χ2n) is 5.40. The lowest BCUT2D eigenvalue weighted by Gasteiger charge is -2.40. The van der Waals surface area contributed by atoms with E-state index in [0.29, 0.717) is 11.4 Å². The number of nitrogen functional groups attached to an aromatic ring is 1. The monoisotopic (exact) mass is 356 g/mol. The number of anilines is 1. The highest BCUT2D eigenvalue weighted by Gasteiger charge is 2.45. The lowest BCUT2D eigenvalue weighted by molar-refractivity contribution is -0.270. The molecular formula is C15H20N2O8. The number of carbonyl (C=O) groups excluding carboxylic acids is 2. The van der Waals surface area contributed by atoms with Gasteiger partial charge in [0, 0.05) is 12.2 Å². The van der Waals surface area contributed by atoms with Crippen LogP contribution in [-0.2, 0) is 19.1 Å². The molecule has 10 heteroatoms.